The van der Waals surface area contributed by atoms with Gasteiger partial charge in [0.25, 0.3) is 5.91 Å². The zero-order chi connectivity index (χ0) is 20.0. The molecule has 2 rings (SSSR count). The van der Waals surface area contributed by atoms with Crippen LogP contribution in [0.25, 0.3) is 0 Å². The van der Waals surface area contributed by atoms with Crippen LogP contribution in [-0.4, -0.2) is 63.6 Å². The smallest absolute Gasteiger partial charge is 0.338 e. The van der Waals surface area contributed by atoms with Crippen LogP contribution in [-0.2, 0) is 24.3 Å². The van der Waals surface area contributed by atoms with E-state index in [0.29, 0.717) is 13.2 Å². The Morgan fingerprint density at radius 1 is 1.22 bits per heavy atom. The van der Waals surface area contributed by atoms with Gasteiger partial charge < -0.3 is 14.8 Å². The van der Waals surface area contributed by atoms with Gasteiger partial charge in [0, 0.05) is 19.1 Å². The standard InChI is InChI=1S/C18H26N2O6S/c1-13(2)14(3)19-17(21)12-26-18(22)15-5-4-6-16(11-15)27(23,24)20-7-9-25-10-8-20/h4-6,11,13-14H,7-10,12H2,1-3H3,(H,19,21)/t14-/m1/s1. The summed E-state index contributed by atoms with van der Waals surface area (Å²) in [6.07, 6.45) is 0. The molecule has 1 fully saturated rings. The number of esters is 1. The number of benzene rings is 1. The fourth-order valence-electron chi connectivity index (χ4n) is 2.40. The number of hydrogen-bond donors (Lipinski definition) is 1. The Morgan fingerprint density at radius 3 is 2.52 bits per heavy atom. The zero-order valence-electron chi connectivity index (χ0n) is 15.8. The number of carbonyl (C=O) groups excluding carboxylic acids is 2. The van der Waals surface area contributed by atoms with Crippen molar-refractivity contribution in [3.8, 4) is 0 Å². The van der Waals surface area contributed by atoms with Crippen LogP contribution in [0, 0.1) is 5.92 Å². The molecule has 1 saturated heterocycles. The Hall–Kier alpha value is -1.97. The quantitative estimate of drug-likeness (QED) is 0.688. The summed E-state index contributed by atoms with van der Waals surface area (Å²) in [5, 5.41) is 2.73. The molecule has 1 aromatic carbocycles. The van der Waals surface area contributed by atoms with E-state index in [-0.39, 0.29) is 35.5 Å². The van der Waals surface area contributed by atoms with Crippen molar-refractivity contribution in [2.45, 2.75) is 31.7 Å². The molecule has 0 radical (unpaired) electrons. The van der Waals surface area contributed by atoms with Gasteiger partial charge in [-0.05, 0) is 31.0 Å². The molecular weight excluding hydrogens is 372 g/mol. The summed E-state index contributed by atoms with van der Waals surface area (Å²) >= 11 is 0. The Labute approximate surface area is 159 Å². The average Bonchev–Trinajstić information content (AvgIpc) is 2.66. The van der Waals surface area contributed by atoms with E-state index in [2.05, 4.69) is 5.32 Å². The van der Waals surface area contributed by atoms with Crippen LogP contribution in [0.1, 0.15) is 31.1 Å². The minimum Gasteiger partial charge on any atom is -0.452 e. The van der Waals surface area contributed by atoms with Gasteiger partial charge in [-0.15, -0.1) is 0 Å². The summed E-state index contributed by atoms with van der Waals surface area (Å²) in [5.74, 6) is -0.894. The molecule has 150 valence electrons. The third-order valence-electron chi connectivity index (χ3n) is 4.40. The van der Waals surface area contributed by atoms with E-state index >= 15 is 0 Å². The summed E-state index contributed by atoms with van der Waals surface area (Å²) in [4.78, 5) is 24.0. The highest BCUT2D eigenvalue weighted by molar-refractivity contribution is 7.89. The van der Waals surface area contributed by atoms with Crippen LogP contribution in [0.3, 0.4) is 0 Å². The minimum atomic E-state index is -3.71. The van der Waals surface area contributed by atoms with Crippen molar-refractivity contribution in [3.63, 3.8) is 0 Å². The first kappa shape index (κ1) is 21.3. The van der Waals surface area contributed by atoms with E-state index in [4.69, 9.17) is 9.47 Å². The number of morpholine rings is 1. The Kier molecular flexibility index (Phi) is 7.34. The maximum Gasteiger partial charge on any atom is 0.338 e. The van der Waals surface area contributed by atoms with Crippen molar-refractivity contribution in [1.82, 2.24) is 9.62 Å². The average molecular weight is 398 g/mol. The maximum absolute atomic E-state index is 12.7. The highest BCUT2D eigenvalue weighted by atomic mass is 32.2. The van der Waals surface area contributed by atoms with Crippen molar-refractivity contribution < 1.29 is 27.5 Å². The fraction of sp³-hybridized carbons (Fsp3) is 0.556. The first-order chi connectivity index (χ1) is 12.7. The molecule has 0 saturated carbocycles. The lowest BCUT2D eigenvalue weighted by Crippen LogP contribution is -2.40. The lowest BCUT2D eigenvalue weighted by molar-refractivity contribution is -0.125. The summed E-state index contributed by atoms with van der Waals surface area (Å²) < 4.78 is 36.8. The molecule has 27 heavy (non-hydrogen) atoms. The zero-order valence-corrected chi connectivity index (χ0v) is 16.6. The molecule has 0 aromatic heterocycles. The second-order valence-corrected chi connectivity index (χ2v) is 8.66. The first-order valence-corrected chi connectivity index (χ1v) is 10.3. The molecule has 1 amide bonds. The van der Waals surface area contributed by atoms with Crippen LogP contribution in [0.2, 0.25) is 0 Å². The normalized spacial score (nSPS) is 16.7. The topological polar surface area (TPSA) is 102 Å². The van der Waals surface area contributed by atoms with Gasteiger partial charge in [-0.3, -0.25) is 4.79 Å². The molecule has 0 spiro atoms. The Balaban J connectivity index is 2.01. The third-order valence-corrected chi connectivity index (χ3v) is 6.30. The van der Waals surface area contributed by atoms with Gasteiger partial charge in [0.15, 0.2) is 6.61 Å². The molecule has 9 heteroatoms. The van der Waals surface area contributed by atoms with E-state index in [1.807, 2.05) is 20.8 Å². The summed E-state index contributed by atoms with van der Waals surface area (Å²) in [6, 6.07) is 5.58. The molecule has 1 atom stereocenters. The lowest BCUT2D eigenvalue weighted by Gasteiger charge is -2.26. The summed E-state index contributed by atoms with van der Waals surface area (Å²) in [6.45, 7) is 6.60. The van der Waals surface area contributed by atoms with Crippen molar-refractivity contribution in [2.75, 3.05) is 32.9 Å². The van der Waals surface area contributed by atoms with E-state index in [9.17, 15) is 18.0 Å². The molecule has 1 aliphatic rings. The number of carbonyl (C=O) groups is 2. The second-order valence-electron chi connectivity index (χ2n) is 6.72. The number of amides is 1. The molecule has 1 N–H and O–H groups in total. The van der Waals surface area contributed by atoms with Crippen LogP contribution in [0.4, 0.5) is 0 Å². The molecule has 1 aromatic rings. The highest BCUT2D eigenvalue weighted by Gasteiger charge is 2.27. The maximum atomic E-state index is 12.7. The van der Waals surface area contributed by atoms with E-state index < -0.39 is 28.5 Å². The molecule has 1 heterocycles. The Bertz CT molecular complexity index is 772. The van der Waals surface area contributed by atoms with Gasteiger partial charge in [0.05, 0.1) is 23.7 Å². The monoisotopic (exact) mass is 398 g/mol. The fourth-order valence-corrected chi connectivity index (χ4v) is 3.85. The Morgan fingerprint density at radius 2 is 1.89 bits per heavy atom. The van der Waals surface area contributed by atoms with Crippen molar-refractivity contribution >= 4 is 21.9 Å². The minimum absolute atomic E-state index is 0.0109. The van der Waals surface area contributed by atoms with Crippen molar-refractivity contribution in [2.24, 2.45) is 5.92 Å². The predicted molar refractivity (Wildman–Crippen MR) is 98.7 cm³/mol. The van der Waals surface area contributed by atoms with Gasteiger partial charge in [-0.1, -0.05) is 19.9 Å². The number of nitrogens with one attached hydrogen (secondary N) is 1. The summed E-state index contributed by atoms with van der Waals surface area (Å²) in [7, 11) is -3.71. The molecule has 0 unspecified atom stereocenters. The lowest BCUT2D eigenvalue weighted by atomic mass is 10.1. The van der Waals surface area contributed by atoms with Gasteiger partial charge in [-0.25, -0.2) is 13.2 Å². The van der Waals surface area contributed by atoms with Gasteiger partial charge in [0.1, 0.15) is 0 Å². The van der Waals surface area contributed by atoms with Gasteiger partial charge >= 0.3 is 5.97 Å². The van der Waals surface area contributed by atoms with Crippen LogP contribution >= 0.6 is 0 Å². The second kappa shape index (κ2) is 9.29. The molecule has 0 aliphatic carbocycles. The molecule has 0 bridgehead atoms. The molecular formula is C18H26N2O6S. The number of nitrogens with zero attached hydrogens (tertiary/aromatic N) is 1. The highest BCUT2D eigenvalue weighted by Crippen LogP contribution is 2.18. The summed E-state index contributed by atoms with van der Waals surface area (Å²) in [5.41, 5.74) is 0.0778. The first-order valence-electron chi connectivity index (χ1n) is 8.86. The predicted octanol–water partition coefficient (Wildman–Crippen LogP) is 1.03. The SMILES string of the molecule is CC(C)[C@@H](C)NC(=O)COC(=O)c1cccc(S(=O)(=O)N2CCOCC2)c1. The molecule has 1 aliphatic heterocycles. The third kappa shape index (κ3) is 5.75. The van der Waals surface area contributed by atoms with E-state index in [1.54, 1.807) is 0 Å². The van der Waals surface area contributed by atoms with Gasteiger partial charge in [0.2, 0.25) is 10.0 Å². The largest absolute Gasteiger partial charge is 0.452 e. The van der Waals surface area contributed by atoms with Gasteiger partial charge in [-0.2, -0.15) is 4.31 Å². The van der Waals surface area contributed by atoms with Crippen LogP contribution in [0.15, 0.2) is 29.2 Å². The van der Waals surface area contributed by atoms with Crippen LogP contribution in [0.5, 0.6) is 0 Å². The van der Waals surface area contributed by atoms with Crippen molar-refractivity contribution in [1.29, 1.82) is 0 Å². The molecule has 8 nitrogen and oxygen atoms in total. The number of rotatable bonds is 7. The van der Waals surface area contributed by atoms with Crippen molar-refractivity contribution in [3.05, 3.63) is 29.8 Å². The number of ether oxygens (including phenoxy) is 2. The van der Waals surface area contributed by atoms with E-state index in [0.717, 1.165) is 0 Å². The van der Waals surface area contributed by atoms with E-state index in [1.165, 1.54) is 28.6 Å². The number of hydrogen-bond acceptors (Lipinski definition) is 6. The number of sulfonamides is 1. The van der Waals surface area contributed by atoms with Crippen LogP contribution < -0.4 is 5.32 Å².